The van der Waals surface area contributed by atoms with Gasteiger partial charge in [0.15, 0.2) is 0 Å². The molecule has 0 aliphatic heterocycles. The maximum Gasteiger partial charge on any atom is 0.335 e. The number of carbonyl (C=O) groups excluding carboxylic acids is 1. The lowest BCUT2D eigenvalue weighted by atomic mass is 10.0. The number of carboxylic acid groups (broad SMARTS) is 1. The van der Waals surface area contributed by atoms with Gasteiger partial charge in [0.1, 0.15) is 0 Å². The van der Waals surface area contributed by atoms with Crippen LogP contribution in [0.15, 0.2) is 22.7 Å². The minimum Gasteiger partial charge on any atom is -0.478 e. The second-order valence-electron chi connectivity index (χ2n) is 4.30. The number of benzene rings is 1. The van der Waals surface area contributed by atoms with Gasteiger partial charge in [-0.05, 0) is 30.7 Å². The topological polar surface area (TPSA) is 92.4 Å². The predicted octanol–water partition coefficient (Wildman–Crippen LogP) is 2.46. The molecule has 0 bridgehead atoms. The maximum atomic E-state index is 11.8. The first-order chi connectivity index (χ1) is 8.96. The SMILES string of the molecule is CCC(CN)CC(=O)Nc1cc(Br)cc(C(=O)O)c1. The molecule has 0 aromatic heterocycles. The Balaban J connectivity index is 2.76. The van der Waals surface area contributed by atoms with Crippen molar-refractivity contribution in [2.75, 3.05) is 11.9 Å². The molecule has 4 N–H and O–H groups in total. The third-order valence-corrected chi connectivity index (χ3v) is 3.27. The zero-order valence-electron chi connectivity index (χ0n) is 10.6. The number of nitrogens with one attached hydrogen (secondary N) is 1. The molecule has 0 aliphatic rings. The summed E-state index contributed by atoms with van der Waals surface area (Å²) in [4.78, 5) is 22.7. The molecule has 0 saturated carbocycles. The molecule has 6 heteroatoms. The Kier molecular flexibility index (Phi) is 5.98. The summed E-state index contributed by atoms with van der Waals surface area (Å²) in [6.45, 7) is 2.44. The van der Waals surface area contributed by atoms with Crippen LogP contribution in [-0.4, -0.2) is 23.5 Å². The first-order valence-corrected chi connectivity index (χ1v) is 6.79. The summed E-state index contributed by atoms with van der Waals surface area (Å²) in [5, 5.41) is 11.6. The van der Waals surface area contributed by atoms with E-state index >= 15 is 0 Å². The standard InChI is InChI=1S/C13H17BrN2O3/c1-2-8(7-15)3-12(17)16-11-5-9(13(18)19)4-10(14)6-11/h4-6,8H,2-3,7,15H2,1H3,(H,16,17)(H,18,19). The van der Waals surface area contributed by atoms with Gasteiger partial charge in [0, 0.05) is 16.6 Å². The van der Waals surface area contributed by atoms with Gasteiger partial charge in [-0.1, -0.05) is 29.3 Å². The maximum absolute atomic E-state index is 11.8. The Morgan fingerprint density at radius 2 is 2.11 bits per heavy atom. The number of hydrogen-bond donors (Lipinski definition) is 3. The van der Waals surface area contributed by atoms with Crippen LogP contribution in [0.4, 0.5) is 5.69 Å². The number of carbonyl (C=O) groups is 2. The molecule has 5 nitrogen and oxygen atoms in total. The first-order valence-electron chi connectivity index (χ1n) is 6.00. The summed E-state index contributed by atoms with van der Waals surface area (Å²) in [5.41, 5.74) is 6.13. The molecule has 1 unspecified atom stereocenters. The molecule has 1 aromatic carbocycles. The fraction of sp³-hybridized carbons (Fsp3) is 0.385. The van der Waals surface area contributed by atoms with E-state index < -0.39 is 5.97 Å². The summed E-state index contributed by atoms with van der Waals surface area (Å²) in [7, 11) is 0. The van der Waals surface area contributed by atoms with E-state index in [1.54, 1.807) is 6.07 Å². The summed E-state index contributed by atoms with van der Waals surface area (Å²) in [6, 6.07) is 4.56. The zero-order chi connectivity index (χ0) is 14.4. The average molecular weight is 329 g/mol. The highest BCUT2D eigenvalue weighted by Crippen LogP contribution is 2.20. The van der Waals surface area contributed by atoms with E-state index in [2.05, 4.69) is 21.2 Å². The Hall–Kier alpha value is -1.40. The molecule has 1 amide bonds. The van der Waals surface area contributed by atoms with Crippen LogP contribution in [0.25, 0.3) is 0 Å². The number of aromatic carboxylic acids is 1. The number of nitrogens with two attached hydrogens (primary N) is 1. The van der Waals surface area contributed by atoms with Crippen LogP contribution < -0.4 is 11.1 Å². The highest BCUT2D eigenvalue weighted by molar-refractivity contribution is 9.10. The minimum absolute atomic E-state index is 0.121. The van der Waals surface area contributed by atoms with E-state index in [1.807, 2.05) is 6.92 Å². The number of amides is 1. The Morgan fingerprint density at radius 1 is 1.42 bits per heavy atom. The van der Waals surface area contributed by atoms with Crippen LogP contribution >= 0.6 is 15.9 Å². The molecule has 0 saturated heterocycles. The van der Waals surface area contributed by atoms with E-state index in [1.165, 1.54) is 12.1 Å². The number of halogens is 1. The van der Waals surface area contributed by atoms with Gasteiger partial charge < -0.3 is 16.2 Å². The van der Waals surface area contributed by atoms with Gasteiger partial charge >= 0.3 is 5.97 Å². The quantitative estimate of drug-likeness (QED) is 0.747. The summed E-state index contributed by atoms with van der Waals surface area (Å²) < 4.78 is 0.605. The monoisotopic (exact) mass is 328 g/mol. The van der Waals surface area contributed by atoms with Gasteiger partial charge in [-0.2, -0.15) is 0 Å². The molecular formula is C13H17BrN2O3. The zero-order valence-corrected chi connectivity index (χ0v) is 12.2. The molecular weight excluding hydrogens is 312 g/mol. The van der Waals surface area contributed by atoms with Crippen LogP contribution in [0, 0.1) is 5.92 Å². The van der Waals surface area contributed by atoms with Crippen LogP contribution in [0.3, 0.4) is 0 Å². The van der Waals surface area contributed by atoms with Crippen molar-refractivity contribution in [3.8, 4) is 0 Å². The van der Waals surface area contributed by atoms with Gasteiger partial charge in [0.25, 0.3) is 0 Å². The molecule has 0 radical (unpaired) electrons. The van der Waals surface area contributed by atoms with Crippen molar-refractivity contribution in [1.29, 1.82) is 0 Å². The average Bonchev–Trinajstić information content (AvgIpc) is 2.35. The summed E-state index contributed by atoms with van der Waals surface area (Å²) in [5.74, 6) is -1.05. The molecule has 0 heterocycles. The lowest BCUT2D eigenvalue weighted by Crippen LogP contribution is -2.21. The van der Waals surface area contributed by atoms with Gasteiger partial charge in [-0.15, -0.1) is 0 Å². The van der Waals surface area contributed by atoms with E-state index in [4.69, 9.17) is 10.8 Å². The van der Waals surface area contributed by atoms with Crippen LogP contribution in [0.2, 0.25) is 0 Å². The fourth-order valence-corrected chi connectivity index (χ4v) is 2.15. The lowest BCUT2D eigenvalue weighted by Gasteiger charge is -2.12. The molecule has 1 aromatic rings. The molecule has 0 aliphatic carbocycles. The van der Waals surface area contributed by atoms with Crippen molar-refractivity contribution in [2.45, 2.75) is 19.8 Å². The fourth-order valence-electron chi connectivity index (χ4n) is 1.65. The Morgan fingerprint density at radius 3 is 2.63 bits per heavy atom. The van der Waals surface area contributed by atoms with Crippen LogP contribution in [0.5, 0.6) is 0 Å². The normalized spacial score (nSPS) is 11.9. The second-order valence-corrected chi connectivity index (χ2v) is 5.21. The van der Waals surface area contributed by atoms with Crippen LogP contribution in [-0.2, 0) is 4.79 Å². The Bertz CT molecular complexity index is 473. The van der Waals surface area contributed by atoms with Gasteiger partial charge in [0.05, 0.1) is 5.56 Å². The smallest absolute Gasteiger partial charge is 0.335 e. The molecule has 1 rings (SSSR count). The van der Waals surface area contributed by atoms with E-state index in [0.717, 1.165) is 6.42 Å². The van der Waals surface area contributed by atoms with Crippen molar-refractivity contribution in [2.24, 2.45) is 11.7 Å². The van der Waals surface area contributed by atoms with E-state index in [-0.39, 0.29) is 17.4 Å². The van der Waals surface area contributed by atoms with E-state index in [9.17, 15) is 9.59 Å². The first kappa shape index (κ1) is 15.7. The predicted molar refractivity (Wildman–Crippen MR) is 77.2 cm³/mol. The molecule has 104 valence electrons. The highest BCUT2D eigenvalue weighted by Gasteiger charge is 2.12. The van der Waals surface area contributed by atoms with Crippen molar-refractivity contribution in [1.82, 2.24) is 0 Å². The Labute approximate surface area is 120 Å². The molecule has 0 spiro atoms. The third kappa shape index (κ3) is 5.00. The van der Waals surface area contributed by atoms with Crippen molar-refractivity contribution in [3.05, 3.63) is 28.2 Å². The van der Waals surface area contributed by atoms with Crippen LogP contribution in [0.1, 0.15) is 30.1 Å². The molecule has 19 heavy (non-hydrogen) atoms. The van der Waals surface area contributed by atoms with E-state index in [0.29, 0.717) is 23.1 Å². The number of hydrogen-bond acceptors (Lipinski definition) is 3. The van der Waals surface area contributed by atoms with Gasteiger partial charge in [0.2, 0.25) is 5.91 Å². The van der Waals surface area contributed by atoms with Crippen molar-refractivity contribution in [3.63, 3.8) is 0 Å². The summed E-state index contributed by atoms with van der Waals surface area (Å²) in [6.07, 6.45) is 1.17. The number of carboxylic acids is 1. The number of anilines is 1. The second kappa shape index (κ2) is 7.25. The largest absolute Gasteiger partial charge is 0.478 e. The highest BCUT2D eigenvalue weighted by atomic mass is 79.9. The number of rotatable bonds is 6. The lowest BCUT2D eigenvalue weighted by molar-refractivity contribution is -0.117. The van der Waals surface area contributed by atoms with Crippen molar-refractivity contribution >= 4 is 33.5 Å². The minimum atomic E-state index is -1.04. The summed E-state index contributed by atoms with van der Waals surface area (Å²) >= 11 is 3.21. The molecule has 0 fully saturated rings. The third-order valence-electron chi connectivity index (χ3n) is 2.81. The molecule has 1 atom stereocenters. The van der Waals surface area contributed by atoms with Crippen molar-refractivity contribution < 1.29 is 14.7 Å². The van der Waals surface area contributed by atoms with Gasteiger partial charge in [-0.3, -0.25) is 4.79 Å². The van der Waals surface area contributed by atoms with Gasteiger partial charge in [-0.25, -0.2) is 4.79 Å².